The van der Waals surface area contributed by atoms with Gasteiger partial charge in [0.1, 0.15) is 5.54 Å². The Morgan fingerprint density at radius 3 is 1.74 bits per heavy atom. The van der Waals surface area contributed by atoms with E-state index in [-0.39, 0.29) is 31.5 Å². The molecule has 1 saturated carbocycles. The highest BCUT2D eigenvalue weighted by atomic mass is 32.2. The Balaban J connectivity index is 0.000000804. The number of carboxylic acids is 3. The first-order valence-corrected chi connectivity index (χ1v) is 11.9. The van der Waals surface area contributed by atoms with Gasteiger partial charge in [0.2, 0.25) is 0 Å². The van der Waals surface area contributed by atoms with Gasteiger partial charge in [-0.05, 0) is 25.6 Å². The molecular weight excluding hydrogens is 565 g/mol. The number of aliphatic carboxylic acids is 3. The highest BCUT2D eigenvalue weighted by molar-refractivity contribution is 7.87. The molecule has 38 heavy (non-hydrogen) atoms. The van der Waals surface area contributed by atoms with Crippen molar-refractivity contribution in [3.05, 3.63) is 0 Å². The predicted molar refractivity (Wildman–Crippen MR) is 114 cm³/mol. The summed E-state index contributed by atoms with van der Waals surface area (Å²) >= 11 is 0. The van der Waals surface area contributed by atoms with Crippen LogP contribution in [0.3, 0.4) is 0 Å². The zero-order valence-corrected chi connectivity index (χ0v) is 20.1. The summed E-state index contributed by atoms with van der Waals surface area (Å²) in [6, 6.07) is -0.243. The summed E-state index contributed by atoms with van der Waals surface area (Å²) in [7, 11) is -5.32. The van der Waals surface area contributed by atoms with E-state index in [9.17, 15) is 44.7 Å². The molecule has 1 aliphatic carbocycles. The van der Waals surface area contributed by atoms with Gasteiger partial charge in [-0.25, -0.2) is 9.59 Å². The summed E-state index contributed by atoms with van der Waals surface area (Å²) < 4.78 is 91.9. The first kappa shape index (κ1) is 35.8. The fraction of sp³-hybridized carbons (Fsp3) is 0.812. The average Bonchev–Trinajstić information content (AvgIpc) is 3.05. The first-order valence-electron chi connectivity index (χ1n) is 10.4. The minimum absolute atomic E-state index is 0.0124. The van der Waals surface area contributed by atoms with Gasteiger partial charge in [0, 0.05) is 31.1 Å². The average molecular weight is 592 g/mol. The van der Waals surface area contributed by atoms with Crippen LogP contribution in [0.25, 0.3) is 0 Å². The van der Waals surface area contributed by atoms with E-state index in [2.05, 4.69) is 4.72 Å². The van der Waals surface area contributed by atoms with Gasteiger partial charge < -0.3 is 36.8 Å². The summed E-state index contributed by atoms with van der Waals surface area (Å²) in [4.78, 5) is 29.3. The van der Waals surface area contributed by atoms with E-state index < -0.39 is 59.0 Å². The second-order valence-corrected chi connectivity index (χ2v) is 10.1. The number of nitrogens with one attached hydrogen (secondary N) is 1. The molecule has 2 aliphatic rings. The third-order valence-corrected chi connectivity index (χ3v) is 6.91. The van der Waals surface area contributed by atoms with Crippen LogP contribution in [0.1, 0.15) is 25.7 Å². The summed E-state index contributed by atoms with van der Waals surface area (Å²) in [5.74, 6) is -7.38. The molecule has 2 atom stereocenters. The van der Waals surface area contributed by atoms with Crippen molar-refractivity contribution in [3.63, 3.8) is 0 Å². The molecule has 0 amide bonds. The van der Waals surface area contributed by atoms with Crippen LogP contribution in [0.15, 0.2) is 0 Å². The van der Waals surface area contributed by atoms with Crippen molar-refractivity contribution < 1.29 is 74.5 Å². The van der Waals surface area contributed by atoms with Gasteiger partial charge in [0.15, 0.2) is 0 Å². The molecule has 22 heteroatoms. The number of rotatable bonds is 8. The Morgan fingerprint density at radius 1 is 1.00 bits per heavy atom. The van der Waals surface area contributed by atoms with E-state index in [1.807, 2.05) is 0 Å². The number of alkyl halides is 6. The highest BCUT2D eigenvalue weighted by Crippen LogP contribution is 2.32. The Labute approximate surface area is 211 Å². The minimum Gasteiger partial charge on any atom is -0.480 e. The normalized spacial score (nSPS) is 25.7. The van der Waals surface area contributed by atoms with Gasteiger partial charge in [0.05, 0.1) is 0 Å². The lowest BCUT2D eigenvalue weighted by molar-refractivity contribution is -0.193. The molecule has 0 aromatic rings. The maximum atomic E-state index is 12.4. The molecule has 14 nitrogen and oxygen atoms in total. The molecule has 0 aromatic heterocycles. The Morgan fingerprint density at radius 2 is 1.42 bits per heavy atom. The van der Waals surface area contributed by atoms with Crippen molar-refractivity contribution in [2.24, 2.45) is 17.4 Å². The maximum Gasteiger partial charge on any atom is 0.490 e. The zero-order valence-electron chi connectivity index (χ0n) is 19.3. The van der Waals surface area contributed by atoms with Crippen LogP contribution in [-0.4, -0.2) is 106 Å². The van der Waals surface area contributed by atoms with Crippen LogP contribution in [-0.2, 0) is 24.6 Å². The summed E-state index contributed by atoms with van der Waals surface area (Å²) in [5.41, 5.74) is 9.92. The quantitative estimate of drug-likeness (QED) is 0.119. The van der Waals surface area contributed by atoms with Crippen molar-refractivity contribution in [2.45, 2.75) is 62.0 Å². The number of carboxylic acid groups (broad SMARTS) is 3. The number of hydrogen-bond acceptors (Lipinski definition) is 9. The molecule has 2 fully saturated rings. The second-order valence-electron chi connectivity index (χ2n) is 8.40. The summed E-state index contributed by atoms with van der Waals surface area (Å²) in [5, 5.41) is 41.4. The van der Waals surface area contributed by atoms with Gasteiger partial charge in [-0.1, -0.05) is 6.42 Å². The minimum atomic E-state index is -5.08. The molecular formula is C16H27BF6N4O10S. The molecule has 0 spiro atoms. The fourth-order valence-electron chi connectivity index (χ4n) is 3.26. The molecule has 1 heterocycles. The van der Waals surface area contributed by atoms with Crippen molar-refractivity contribution in [1.82, 2.24) is 9.03 Å². The number of hydrogen-bond donors (Lipinski definition) is 8. The number of nitrogens with zero attached hydrogens (tertiary/aromatic N) is 1. The number of carbonyl (C=O) groups is 3. The lowest BCUT2D eigenvalue weighted by atomic mass is 9.78. The lowest BCUT2D eigenvalue weighted by Gasteiger charge is -2.34. The van der Waals surface area contributed by atoms with Gasteiger partial charge >= 0.3 is 37.4 Å². The van der Waals surface area contributed by atoms with E-state index in [1.54, 1.807) is 0 Å². The topological polar surface area (TPSA) is 254 Å². The first-order chi connectivity index (χ1) is 16.9. The van der Waals surface area contributed by atoms with Crippen LogP contribution >= 0.6 is 0 Å². The monoisotopic (exact) mass is 592 g/mol. The van der Waals surface area contributed by atoms with Gasteiger partial charge in [-0.3, -0.25) is 4.79 Å². The maximum absolute atomic E-state index is 12.4. The molecule has 222 valence electrons. The van der Waals surface area contributed by atoms with E-state index in [0.29, 0.717) is 25.7 Å². The van der Waals surface area contributed by atoms with Crippen LogP contribution < -0.4 is 16.2 Å². The van der Waals surface area contributed by atoms with Crippen LogP contribution in [0.4, 0.5) is 26.3 Å². The Kier molecular flexibility index (Phi) is 12.9. The van der Waals surface area contributed by atoms with Gasteiger partial charge in [0.25, 0.3) is 10.2 Å². The zero-order chi connectivity index (χ0) is 30.3. The van der Waals surface area contributed by atoms with Crippen LogP contribution in [0, 0.1) is 5.92 Å². The lowest BCUT2D eigenvalue weighted by Crippen LogP contribution is -2.56. The van der Waals surface area contributed by atoms with Crippen molar-refractivity contribution in [3.8, 4) is 0 Å². The molecule has 1 saturated heterocycles. The molecule has 0 bridgehead atoms. The molecule has 10 N–H and O–H groups in total. The third-order valence-electron chi connectivity index (χ3n) is 5.32. The summed E-state index contributed by atoms with van der Waals surface area (Å²) in [6.07, 6.45) is -8.35. The summed E-state index contributed by atoms with van der Waals surface area (Å²) in [6.45, 7) is -0.332. The fourth-order valence-corrected chi connectivity index (χ4v) is 4.78. The van der Waals surface area contributed by atoms with Crippen molar-refractivity contribution in [1.29, 1.82) is 0 Å². The molecule has 1 aliphatic heterocycles. The van der Waals surface area contributed by atoms with E-state index >= 15 is 0 Å². The van der Waals surface area contributed by atoms with Gasteiger partial charge in [-0.15, -0.1) is 0 Å². The number of nitrogens with two attached hydrogens (primary N) is 2. The van der Waals surface area contributed by atoms with E-state index in [0.717, 1.165) is 4.31 Å². The van der Waals surface area contributed by atoms with Crippen LogP contribution in [0.5, 0.6) is 0 Å². The molecule has 0 radical (unpaired) electrons. The Hall–Kier alpha value is -2.24. The number of halogens is 6. The van der Waals surface area contributed by atoms with Crippen molar-refractivity contribution >= 4 is 35.2 Å². The predicted octanol–water partition coefficient (Wildman–Crippen LogP) is -1.46. The Bertz CT molecular complexity index is 909. The largest absolute Gasteiger partial charge is 0.490 e. The van der Waals surface area contributed by atoms with Crippen molar-refractivity contribution in [2.75, 3.05) is 13.1 Å². The molecule has 0 aromatic carbocycles. The van der Waals surface area contributed by atoms with E-state index in [1.165, 1.54) is 0 Å². The van der Waals surface area contributed by atoms with Crippen LogP contribution in [0.2, 0.25) is 6.32 Å². The highest BCUT2D eigenvalue weighted by Gasteiger charge is 2.52. The smallest absolute Gasteiger partial charge is 0.480 e. The molecule has 0 unspecified atom stereocenters. The van der Waals surface area contributed by atoms with Gasteiger partial charge in [-0.2, -0.15) is 43.8 Å². The standard InChI is InChI=1S/C12H25BN4O6S.2C2HF3O2/c14-9-4-10(5-9)16-24(22,23)17-6-8(2-1-3-13(20)21)12(15,7-17)11(18)19;2*3-2(4,5)1(6)7/h8-10,16,20-21H,1-7,14-15H2,(H,18,19);2*(H,6,7)/t8-,9?,10?,12-;;/m0../s1. The third kappa shape index (κ3) is 11.7. The SMILES string of the molecule is NC1CC(NS(=O)(=O)N2C[C@H](CCCB(O)O)[C@](N)(C(=O)O)C2)C1.O=C(O)C(F)(F)F.O=C(O)C(F)(F)F. The molecule has 2 rings (SSSR count). The second kappa shape index (κ2) is 13.7. The van der Waals surface area contributed by atoms with E-state index in [4.69, 9.17) is 41.3 Å².